The number of aromatic nitrogens is 1. The van der Waals surface area contributed by atoms with E-state index < -0.39 is 0 Å². The Labute approximate surface area is 115 Å². The number of amidine groups is 1. The van der Waals surface area contributed by atoms with Gasteiger partial charge in [-0.3, -0.25) is 5.41 Å². The van der Waals surface area contributed by atoms with Crippen LogP contribution in [0.3, 0.4) is 0 Å². The molecule has 0 aliphatic rings. The SMILES string of the molecule is N=C(N)c1cccc(SCc2ccccc2Cl)n1. The largest absolute Gasteiger partial charge is 0.382 e. The van der Waals surface area contributed by atoms with Gasteiger partial charge in [0.2, 0.25) is 0 Å². The van der Waals surface area contributed by atoms with Crippen molar-refractivity contribution in [3.05, 3.63) is 58.7 Å². The molecule has 0 radical (unpaired) electrons. The van der Waals surface area contributed by atoms with Gasteiger partial charge in [0, 0.05) is 10.8 Å². The summed E-state index contributed by atoms with van der Waals surface area (Å²) in [5.41, 5.74) is 6.97. The van der Waals surface area contributed by atoms with Crippen LogP contribution >= 0.6 is 23.4 Å². The van der Waals surface area contributed by atoms with Crippen molar-refractivity contribution in [3.8, 4) is 0 Å². The molecular formula is C13H12ClN3S. The van der Waals surface area contributed by atoms with Crippen LogP contribution in [-0.2, 0) is 5.75 Å². The molecule has 5 heteroatoms. The number of hydrogen-bond donors (Lipinski definition) is 2. The first-order valence-corrected chi connectivity index (χ1v) is 6.71. The summed E-state index contributed by atoms with van der Waals surface area (Å²) >= 11 is 7.66. The number of halogens is 1. The number of pyridine rings is 1. The standard InChI is InChI=1S/C13H12ClN3S/c14-10-5-2-1-4-9(10)8-18-12-7-3-6-11(17-12)13(15)16/h1-7H,8H2,(H3,15,16). The van der Waals surface area contributed by atoms with Gasteiger partial charge in [0.25, 0.3) is 0 Å². The number of hydrogen-bond acceptors (Lipinski definition) is 3. The first-order valence-electron chi connectivity index (χ1n) is 5.34. The van der Waals surface area contributed by atoms with E-state index in [1.54, 1.807) is 17.8 Å². The minimum absolute atomic E-state index is 0.0183. The van der Waals surface area contributed by atoms with Crippen LogP contribution in [-0.4, -0.2) is 10.8 Å². The first kappa shape index (κ1) is 12.9. The van der Waals surface area contributed by atoms with Crippen molar-refractivity contribution in [3.63, 3.8) is 0 Å². The van der Waals surface area contributed by atoms with Crippen molar-refractivity contribution >= 4 is 29.2 Å². The van der Waals surface area contributed by atoms with Crippen molar-refractivity contribution in [2.24, 2.45) is 5.73 Å². The lowest BCUT2D eigenvalue weighted by atomic mass is 10.2. The fourth-order valence-corrected chi connectivity index (χ4v) is 2.59. The van der Waals surface area contributed by atoms with E-state index in [4.69, 9.17) is 22.7 Å². The van der Waals surface area contributed by atoms with E-state index >= 15 is 0 Å². The summed E-state index contributed by atoms with van der Waals surface area (Å²) in [6.07, 6.45) is 0. The predicted octanol–water partition coefficient (Wildman–Crippen LogP) is 3.31. The molecule has 0 aliphatic carbocycles. The molecule has 1 aromatic carbocycles. The van der Waals surface area contributed by atoms with Crippen molar-refractivity contribution in [2.75, 3.05) is 0 Å². The number of nitrogen functional groups attached to an aromatic ring is 1. The van der Waals surface area contributed by atoms with Crippen LogP contribution in [0.2, 0.25) is 5.02 Å². The highest BCUT2D eigenvalue weighted by atomic mass is 35.5. The summed E-state index contributed by atoms with van der Waals surface area (Å²) in [4.78, 5) is 4.29. The van der Waals surface area contributed by atoms with Gasteiger partial charge in [0.15, 0.2) is 0 Å². The minimum atomic E-state index is -0.0183. The Morgan fingerprint density at radius 3 is 2.72 bits per heavy atom. The van der Waals surface area contributed by atoms with Crippen LogP contribution in [0, 0.1) is 5.41 Å². The van der Waals surface area contributed by atoms with Gasteiger partial charge in [0.05, 0.1) is 5.03 Å². The monoisotopic (exact) mass is 277 g/mol. The van der Waals surface area contributed by atoms with Crippen LogP contribution in [0.1, 0.15) is 11.3 Å². The lowest BCUT2D eigenvalue weighted by Gasteiger charge is -2.04. The van der Waals surface area contributed by atoms with E-state index in [1.807, 2.05) is 36.4 Å². The molecule has 3 N–H and O–H groups in total. The molecular weight excluding hydrogens is 266 g/mol. The van der Waals surface area contributed by atoms with E-state index in [0.29, 0.717) is 5.69 Å². The number of rotatable bonds is 4. The van der Waals surface area contributed by atoms with Crippen molar-refractivity contribution in [2.45, 2.75) is 10.8 Å². The molecule has 0 saturated carbocycles. The molecule has 18 heavy (non-hydrogen) atoms. The average molecular weight is 278 g/mol. The highest BCUT2D eigenvalue weighted by molar-refractivity contribution is 7.98. The molecule has 0 aliphatic heterocycles. The fourth-order valence-electron chi connectivity index (χ4n) is 1.41. The van der Waals surface area contributed by atoms with E-state index in [-0.39, 0.29) is 5.84 Å². The highest BCUT2D eigenvalue weighted by Crippen LogP contribution is 2.25. The summed E-state index contributed by atoms with van der Waals surface area (Å²) in [6, 6.07) is 13.2. The van der Waals surface area contributed by atoms with Gasteiger partial charge < -0.3 is 5.73 Å². The van der Waals surface area contributed by atoms with E-state index in [1.165, 1.54) is 0 Å². The smallest absolute Gasteiger partial charge is 0.141 e. The molecule has 2 rings (SSSR count). The average Bonchev–Trinajstić information content (AvgIpc) is 2.38. The molecule has 0 amide bonds. The van der Waals surface area contributed by atoms with Crippen molar-refractivity contribution < 1.29 is 0 Å². The second-order valence-corrected chi connectivity index (χ2v) is 5.06. The number of thioether (sulfide) groups is 1. The Morgan fingerprint density at radius 1 is 1.22 bits per heavy atom. The Balaban J connectivity index is 2.09. The number of nitrogens with one attached hydrogen (secondary N) is 1. The van der Waals surface area contributed by atoms with Crippen LogP contribution < -0.4 is 5.73 Å². The first-order chi connectivity index (χ1) is 8.66. The maximum Gasteiger partial charge on any atom is 0.141 e. The summed E-state index contributed by atoms with van der Waals surface area (Å²) < 4.78 is 0. The number of benzene rings is 1. The van der Waals surface area contributed by atoms with Crippen LogP contribution in [0.25, 0.3) is 0 Å². The second kappa shape index (κ2) is 5.89. The molecule has 3 nitrogen and oxygen atoms in total. The molecule has 0 atom stereocenters. The van der Waals surface area contributed by atoms with Crippen molar-refractivity contribution in [1.29, 1.82) is 5.41 Å². The summed E-state index contributed by atoms with van der Waals surface area (Å²) in [6.45, 7) is 0. The molecule has 2 aromatic rings. The summed E-state index contributed by atoms with van der Waals surface area (Å²) in [7, 11) is 0. The Hall–Kier alpha value is -1.52. The molecule has 1 heterocycles. The molecule has 0 spiro atoms. The van der Waals surface area contributed by atoms with Gasteiger partial charge in [-0.15, -0.1) is 11.8 Å². The third-order valence-electron chi connectivity index (χ3n) is 2.33. The van der Waals surface area contributed by atoms with Gasteiger partial charge in [-0.2, -0.15) is 0 Å². The van der Waals surface area contributed by atoms with Crippen LogP contribution in [0.15, 0.2) is 47.5 Å². The van der Waals surface area contributed by atoms with E-state index in [9.17, 15) is 0 Å². The fraction of sp³-hybridized carbons (Fsp3) is 0.0769. The van der Waals surface area contributed by atoms with Crippen molar-refractivity contribution in [1.82, 2.24) is 4.98 Å². The summed E-state index contributed by atoms with van der Waals surface area (Å²) in [5, 5.41) is 8.94. The van der Waals surface area contributed by atoms with Gasteiger partial charge in [-0.25, -0.2) is 4.98 Å². The highest BCUT2D eigenvalue weighted by Gasteiger charge is 2.03. The van der Waals surface area contributed by atoms with Gasteiger partial charge in [-0.05, 0) is 23.8 Å². The maximum absolute atomic E-state index is 7.35. The molecule has 0 unspecified atom stereocenters. The third kappa shape index (κ3) is 3.24. The Kier molecular flexibility index (Phi) is 4.23. The van der Waals surface area contributed by atoms with Crippen LogP contribution in [0.5, 0.6) is 0 Å². The van der Waals surface area contributed by atoms with Gasteiger partial charge >= 0.3 is 0 Å². The lowest BCUT2D eigenvalue weighted by Crippen LogP contribution is -2.13. The second-order valence-electron chi connectivity index (χ2n) is 3.65. The van der Waals surface area contributed by atoms with E-state index in [0.717, 1.165) is 21.4 Å². The Bertz CT molecular complexity index is 572. The quantitative estimate of drug-likeness (QED) is 0.512. The predicted molar refractivity (Wildman–Crippen MR) is 76.3 cm³/mol. The maximum atomic E-state index is 7.35. The third-order valence-corrected chi connectivity index (χ3v) is 3.68. The molecule has 0 bridgehead atoms. The zero-order valence-electron chi connectivity index (χ0n) is 9.56. The number of nitrogens with two attached hydrogens (primary N) is 1. The Morgan fingerprint density at radius 2 is 2.00 bits per heavy atom. The molecule has 0 saturated heterocycles. The van der Waals surface area contributed by atoms with Gasteiger partial charge in [0.1, 0.15) is 11.5 Å². The van der Waals surface area contributed by atoms with Crippen LogP contribution in [0.4, 0.5) is 0 Å². The molecule has 1 aromatic heterocycles. The number of nitrogens with zero attached hydrogens (tertiary/aromatic N) is 1. The normalized spacial score (nSPS) is 10.3. The van der Waals surface area contributed by atoms with E-state index in [2.05, 4.69) is 4.98 Å². The van der Waals surface area contributed by atoms with Gasteiger partial charge in [-0.1, -0.05) is 35.9 Å². The minimum Gasteiger partial charge on any atom is -0.382 e. The zero-order chi connectivity index (χ0) is 13.0. The molecule has 0 fully saturated rings. The topological polar surface area (TPSA) is 62.8 Å². The zero-order valence-corrected chi connectivity index (χ0v) is 11.1. The lowest BCUT2D eigenvalue weighted by molar-refractivity contribution is 1.10. The summed E-state index contributed by atoms with van der Waals surface area (Å²) in [5.74, 6) is 0.726. The molecule has 92 valence electrons.